The molecule has 0 radical (unpaired) electrons. The second-order valence-electron chi connectivity index (χ2n) is 4.35. The largest absolute Gasteiger partial charge is 0.486 e. The van der Waals surface area contributed by atoms with Crippen molar-refractivity contribution in [3.63, 3.8) is 0 Å². The van der Waals surface area contributed by atoms with E-state index >= 15 is 0 Å². The van der Waals surface area contributed by atoms with Crippen LogP contribution in [0.15, 0.2) is 30.9 Å². The quantitative estimate of drug-likeness (QED) is 0.773. The Morgan fingerprint density at radius 3 is 2.69 bits per heavy atom. The summed E-state index contributed by atoms with van der Waals surface area (Å²) in [7, 11) is 0. The van der Waals surface area contributed by atoms with Crippen molar-refractivity contribution in [2.75, 3.05) is 0 Å². The van der Waals surface area contributed by atoms with E-state index in [2.05, 4.69) is 25.6 Å². The minimum atomic E-state index is 0.0227. The summed E-state index contributed by atoms with van der Waals surface area (Å²) in [6, 6.07) is 6.33. The normalized spacial score (nSPS) is 14.2. The number of hydrogen-bond acceptors (Lipinski definition) is 2. The minimum absolute atomic E-state index is 0.0227. The van der Waals surface area contributed by atoms with Crippen LogP contribution in [0.1, 0.15) is 25.0 Å². The average molecular weight is 219 g/mol. The van der Waals surface area contributed by atoms with Crippen LogP contribution in [0.4, 0.5) is 0 Å². The first-order valence-corrected chi connectivity index (χ1v) is 5.67. The van der Waals surface area contributed by atoms with Crippen molar-refractivity contribution in [2.24, 2.45) is 5.73 Å². The van der Waals surface area contributed by atoms with E-state index in [1.165, 1.54) is 11.1 Å². The number of rotatable bonds is 5. The van der Waals surface area contributed by atoms with E-state index in [1.54, 1.807) is 6.08 Å². The molecule has 1 aromatic carbocycles. The van der Waals surface area contributed by atoms with E-state index in [0.29, 0.717) is 0 Å². The fourth-order valence-electron chi connectivity index (χ4n) is 1.58. The second-order valence-corrected chi connectivity index (χ2v) is 4.35. The zero-order chi connectivity index (χ0) is 12.1. The van der Waals surface area contributed by atoms with Crippen molar-refractivity contribution in [1.82, 2.24) is 0 Å². The molecule has 0 aromatic heterocycles. The van der Waals surface area contributed by atoms with Crippen LogP contribution in [-0.2, 0) is 6.42 Å². The molecule has 2 nitrogen and oxygen atoms in total. The molecule has 2 N–H and O–H groups in total. The molecule has 0 bridgehead atoms. The van der Waals surface area contributed by atoms with Gasteiger partial charge in [0.05, 0.1) is 0 Å². The molecule has 1 aromatic rings. The Bertz CT molecular complexity index is 358. The SMILES string of the molecule is C=CC(C)Oc1ccc(C)cc1CC(C)N. The maximum atomic E-state index is 5.83. The van der Waals surface area contributed by atoms with E-state index in [0.717, 1.165) is 12.2 Å². The van der Waals surface area contributed by atoms with E-state index in [-0.39, 0.29) is 12.1 Å². The molecule has 0 aliphatic rings. The van der Waals surface area contributed by atoms with Gasteiger partial charge < -0.3 is 10.5 Å². The summed E-state index contributed by atoms with van der Waals surface area (Å²) < 4.78 is 5.78. The van der Waals surface area contributed by atoms with Crippen LogP contribution in [-0.4, -0.2) is 12.1 Å². The number of aryl methyl sites for hydroxylation is 1. The molecule has 0 fully saturated rings. The smallest absolute Gasteiger partial charge is 0.123 e. The summed E-state index contributed by atoms with van der Waals surface area (Å²) in [4.78, 5) is 0. The van der Waals surface area contributed by atoms with E-state index in [4.69, 9.17) is 10.5 Å². The molecular weight excluding hydrogens is 198 g/mol. The highest BCUT2D eigenvalue weighted by Crippen LogP contribution is 2.22. The van der Waals surface area contributed by atoms with Gasteiger partial charge in [0.25, 0.3) is 0 Å². The molecule has 2 unspecified atom stereocenters. The van der Waals surface area contributed by atoms with Crippen LogP contribution in [0, 0.1) is 6.92 Å². The molecule has 0 aliphatic heterocycles. The Morgan fingerprint density at radius 1 is 1.44 bits per heavy atom. The average Bonchev–Trinajstić information content (AvgIpc) is 2.21. The van der Waals surface area contributed by atoms with Gasteiger partial charge in [-0.2, -0.15) is 0 Å². The molecule has 0 saturated heterocycles. The predicted octanol–water partition coefficient (Wildman–Crippen LogP) is 2.84. The van der Waals surface area contributed by atoms with Gasteiger partial charge in [-0.05, 0) is 38.8 Å². The van der Waals surface area contributed by atoms with Crippen molar-refractivity contribution in [3.05, 3.63) is 42.0 Å². The molecule has 0 spiro atoms. The lowest BCUT2D eigenvalue weighted by Crippen LogP contribution is -2.19. The first kappa shape index (κ1) is 12.8. The van der Waals surface area contributed by atoms with Crippen molar-refractivity contribution < 1.29 is 4.74 Å². The first-order valence-electron chi connectivity index (χ1n) is 5.67. The third-order valence-electron chi connectivity index (χ3n) is 2.40. The summed E-state index contributed by atoms with van der Waals surface area (Å²) in [5, 5.41) is 0. The Morgan fingerprint density at radius 2 is 2.12 bits per heavy atom. The molecule has 0 heterocycles. The Labute approximate surface area is 98.1 Å². The van der Waals surface area contributed by atoms with E-state index < -0.39 is 0 Å². The van der Waals surface area contributed by atoms with Crippen molar-refractivity contribution >= 4 is 0 Å². The summed E-state index contributed by atoms with van der Waals surface area (Å²) in [5.74, 6) is 0.912. The van der Waals surface area contributed by atoms with Crippen LogP contribution >= 0.6 is 0 Å². The van der Waals surface area contributed by atoms with Gasteiger partial charge in [-0.15, -0.1) is 0 Å². The highest BCUT2D eigenvalue weighted by Gasteiger charge is 2.08. The Balaban J connectivity index is 2.92. The van der Waals surface area contributed by atoms with Gasteiger partial charge in [0, 0.05) is 6.04 Å². The lowest BCUT2D eigenvalue weighted by atomic mass is 10.0. The van der Waals surface area contributed by atoms with Crippen molar-refractivity contribution in [1.29, 1.82) is 0 Å². The molecule has 16 heavy (non-hydrogen) atoms. The maximum Gasteiger partial charge on any atom is 0.123 e. The zero-order valence-corrected chi connectivity index (χ0v) is 10.4. The molecule has 2 heteroatoms. The highest BCUT2D eigenvalue weighted by atomic mass is 16.5. The number of nitrogens with two attached hydrogens (primary N) is 1. The standard InChI is InChI=1S/C14H21NO/c1-5-12(4)16-14-7-6-10(2)8-13(14)9-11(3)15/h5-8,11-12H,1,9,15H2,2-4H3. The zero-order valence-electron chi connectivity index (χ0n) is 10.4. The molecule has 2 atom stereocenters. The topological polar surface area (TPSA) is 35.2 Å². The van der Waals surface area contributed by atoms with Gasteiger partial charge >= 0.3 is 0 Å². The van der Waals surface area contributed by atoms with E-state index in [9.17, 15) is 0 Å². The highest BCUT2D eigenvalue weighted by molar-refractivity contribution is 5.37. The fraction of sp³-hybridized carbons (Fsp3) is 0.429. The van der Waals surface area contributed by atoms with E-state index in [1.807, 2.05) is 19.9 Å². The monoisotopic (exact) mass is 219 g/mol. The second kappa shape index (κ2) is 5.71. The summed E-state index contributed by atoms with van der Waals surface area (Å²) in [6.45, 7) is 9.77. The summed E-state index contributed by atoms with van der Waals surface area (Å²) in [6.07, 6.45) is 2.64. The van der Waals surface area contributed by atoms with Gasteiger partial charge in [-0.3, -0.25) is 0 Å². The van der Waals surface area contributed by atoms with Crippen LogP contribution in [0.5, 0.6) is 5.75 Å². The third kappa shape index (κ3) is 3.70. The van der Waals surface area contributed by atoms with Crippen LogP contribution in [0.3, 0.4) is 0 Å². The third-order valence-corrected chi connectivity index (χ3v) is 2.40. The number of ether oxygens (including phenoxy) is 1. The number of benzene rings is 1. The molecule has 88 valence electrons. The van der Waals surface area contributed by atoms with Crippen molar-refractivity contribution in [2.45, 2.75) is 39.3 Å². The lowest BCUT2D eigenvalue weighted by molar-refractivity contribution is 0.267. The first-order chi connectivity index (χ1) is 7.52. The number of hydrogen-bond donors (Lipinski definition) is 1. The van der Waals surface area contributed by atoms with Gasteiger partial charge in [-0.1, -0.05) is 30.4 Å². The molecule has 0 amide bonds. The minimum Gasteiger partial charge on any atom is -0.486 e. The molecule has 0 aliphatic carbocycles. The van der Waals surface area contributed by atoms with Gasteiger partial charge in [0.1, 0.15) is 11.9 Å². The van der Waals surface area contributed by atoms with Crippen LogP contribution < -0.4 is 10.5 Å². The Kier molecular flexibility index (Phi) is 4.56. The van der Waals surface area contributed by atoms with Crippen LogP contribution in [0.2, 0.25) is 0 Å². The maximum absolute atomic E-state index is 5.83. The van der Waals surface area contributed by atoms with Crippen molar-refractivity contribution in [3.8, 4) is 5.75 Å². The molecular formula is C14H21NO. The fourth-order valence-corrected chi connectivity index (χ4v) is 1.58. The van der Waals surface area contributed by atoms with Gasteiger partial charge in [0.15, 0.2) is 0 Å². The summed E-state index contributed by atoms with van der Waals surface area (Å²) >= 11 is 0. The van der Waals surface area contributed by atoms with Crippen LogP contribution in [0.25, 0.3) is 0 Å². The summed E-state index contributed by atoms with van der Waals surface area (Å²) in [5.41, 5.74) is 8.23. The Hall–Kier alpha value is -1.28. The lowest BCUT2D eigenvalue weighted by Gasteiger charge is -2.16. The molecule has 1 rings (SSSR count). The molecule has 0 saturated carbocycles. The predicted molar refractivity (Wildman–Crippen MR) is 68.8 cm³/mol. The van der Waals surface area contributed by atoms with Gasteiger partial charge in [-0.25, -0.2) is 0 Å². The van der Waals surface area contributed by atoms with Gasteiger partial charge in [0.2, 0.25) is 0 Å².